The van der Waals surface area contributed by atoms with E-state index in [-0.39, 0.29) is 17.4 Å². The van der Waals surface area contributed by atoms with E-state index in [0.717, 1.165) is 16.8 Å². The molecule has 0 amide bonds. The number of nitrogens with zero attached hydrogens (tertiary/aromatic N) is 4. The summed E-state index contributed by atoms with van der Waals surface area (Å²) in [4.78, 5) is 4.09. The first kappa shape index (κ1) is 21.8. The number of pyridine rings is 1. The van der Waals surface area contributed by atoms with E-state index in [1.807, 2.05) is 13.8 Å². The van der Waals surface area contributed by atoms with Gasteiger partial charge in [0, 0.05) is 17.3 Å². The molecule has 0 N–H and O–H groups in total. The molecule has 0 fully saturated rings. The highest BCUT2D eigenvalue weighted by Gasteiger charge is 2.21. The van der Waals surface area contributed by atoms with Crippen LogP contribution < -0.4 is 4.74 Å². The number of hydrogen-bond donors (Lipinski definition) is 0. The van der Waals surface area contributed by atoms with E-state index in [1.54, 1.807) is 19.2 Å². The van der Waals surface area contributed by atoms with Crippen molar-refractivity contribution in [2.45, 2.75) is 39.0 Å². The molecule has 3 aromatic rings. The summed E-state index contributed by atoms with van der Waals surface area (Å²) < 4.78 is 60.1. The minimum atomic E-state index is -3.50. The minimum Gasteiger partial charge on any atom is -0.489 e. The Morgan fingerprint density at radius 1 is 1.20 bits per heavy atom. The quantitative estimate of drug-likeness (QED) is 0.535. The van der Waals surface area contributed by atoms with Crippen LogP contribution in [0.25, 0.3) is 16.9 Å². The Kier molecular flexibility index (Phi) is 6.45. The molecule has 0 spiro atoms. The average Bonchev–Trinajstić information content (AvgIpc) is 3.13. The molecule has 7 nitrogen and oxygen atoms in total. The summed E-state index contributed by atoms with van der Waals surface area (Å²) >= 11 is 0. The number of aromatic nitrogens is 4. The predicted octanol–water partition coefficient (Wildman–Crippen LogP) is 3.72. The van der Waals surface area contributed by atoms with Crippen molar-refractivity contribution in [3.63, 3.8) is 0 Å². The second kappa shape index (κ2) is 8.86. The molecule has 1 aromatic carbocycles. The number of halogens is 2. The highest BCUT2D eigenvalue weighted by Crippen LogP contribution is 2.26. The Bertz CT molecular complexity index is 1150. The number of benzene rings is 1. The molecule has 0 saturated carbocycles. The maximum atomic E-state index is 15.0. The van der Waals surface area contributed by atoms with Gasteiger partial charge in [-0.2, -0.15) is 0 Å². The van der Waals surface area contributed by atoms with Gasteiger partial charge >= 0.3 is 0 Å². The molecular weight excluding hydrogens is 414 g/mol. The molecule has 0 unspecified atom stereocenters. The van der Waals surface area contributed by atoms with Gasteiger partial charge in [-0.1, -0.05) is 18.2 Å². The average molecular weight is 436 g/mol. The molecule has 0 aliphatic heterocycles. The Labute approximate surface area is 173 Å². The van der Waals surface area contributed by atoms with Crippen molar-refractivity contribution in [3.05, 3.63) is 54.0 Å². The van der Waals surface area contributed by atoms with Crippen LogP contribution in [-0.2, 0) is 15.6 Å². The smallest absolute Gasteiger partial charge is 0.156 e. The molecule has 0 bridgehead atoms. The summed E-state index contributed by atoms with van der Waals surface area (Å²) in [6.45, 7) is 5.47. The van der Waals surface area contributed by atoms with Crippen molar-refractivity contribution < 1.29 is 21.9 Å². The van der Waals surface area contributed by atoms with E-state index in [1.165, 1.54) is 12.4 Å². The van der Waals surface area contributed by atoms with Crippen LogP contribution in [0.5, 0.6) is 5.75 Å². The zero-order valence-corrected chi connectivity index (χ0v) is 17.7. The molecule has 30 heavy (non-hydrogen) atoms. The van der Waals surface area contributed by atoms with Crippen LogP contribution >= 0.6 is 0 Å². The van der Waals surface area contributed by atoms with Gasteiger partial charge in [0.15, 0.2) is 21.5 Å². The third-order valence-corrected chi connectivity index (χ3v) is 5.92. The summed E-state index contributed by atoms with van der Waals surface area (Å²) in [6.07, 6.45) is 4.79. The van der Waals surface area contributed by atoms with Crippen LogP contribution in [0, 0.1) is 11.6 Å². The Morgan fingerprint density at radius 3 is 2.67 bits per heavy atom. The number of sulfone groups is 1. The first-order chi connectivity index (χ1) is 14.2. The molecule has 0 saturated heterocycles. The fourth-order valence-electron chi connectivity index (χ4n) is 2.93. The van der Waals surface area contributed by atoms with Crippen LogP contribution in [-0.4, -0.2) is 40.3 Å². The lowest BCUT2D eigenvalue weighted by Gasteiger charge is -2.10. The molecule has 2 heterocycles. The van der Waals surface area contributed by atoms with Gasteiger partial charge in [-0.05, 0) is 32.4 Å². The standard InChI is InChI=1S/C20H22F2N4O3S/c1-4-7-30(27,28)12-14-5-6-17(21)20(19(14)22)26-11-18(24-25-26)15-8-16(10-23-9-15)29-13(2)3/h5-6,8-11,13H,4,7,12H2,1-3H3. The lowest BCUT2D eigenvalue weighted by molar-refractivity contribution is 0.241. The predicted molar refractivity (Wildman–Crippen MR) is 108 cm³/mol. The van der Waals surface area contributed by atoms with E-state index in [4.69, 9.17) is 4.74 Å². The molecule has 3 rings (SSSR count). The van der Waals surface area contributed by atoms with Gasteiger partial charge in [-0.15, -0.1) is 5.10 Å². The zero-order chi connectivity index (χ0) is 21.9. The van der Waals surface area contributed by atoms with Crippen LogP contribution in [0.15, 0.2) is 36.8 Å². The highest BCUT2D eigenvalue weighted by atomic mass is 32.2. The van der Waals surface area contributed by atoms with E-state index in [9.17, 15) is 17.2 Å². The fourth-order valence-corrected chi connectivity index (χ4v) is 4.39. The third-order valence-electron chi connectivity index (χ3n) is 4.14. The van der Waals surface area contributed by atoms with Gasteiger partial charge in [-0.3, -0.25) is 4.98 Å². The molecule has 2 aromatic heterocycles. The first-order valence-corrected chi connectivity index (χ1v) is 11.2. The fraction of sp³-hybridized carbons (Fsp3) is 0.350. The van der Waals surface area contributed by atoms with Crippen LogP contribution in [0.3, 0.4) is 0 Å². The molecule has 0 radical (unpaired) electrons. The van der Waals surface area contributed by atoms with Crippen molar-refractivity contribution in [2.75, 3.05) is 5.75 Å². The molecule has 0 aliphatic rings. The van der Waals surface area contributed by atoms with Crippen molar-refractivity contribution >= 4 is 9.84 Å². The van der Waals surface area contributed by atoms with Gasteiger partial charge in [-0.25, -0.2) is 21.9 Å². The lowest BCUT2D eigenvalue weighted by Crippen LogP contribution is -2.12. The second-order valence-corrected chi connectivity index (χ2v) is 9.27. The minimum absolute atomic E-state index is 0.0485. The lowest BCUT2D eigenvalue weighted by atomic mass is 10.2. The van der Waals surface area contributed by atoms with Crippen molar-refractivity contribution in [1.82, 2.24) is 20.0 Å². The van der Waals surface area contributed by atoms with Crippen molar-refractivity contribution in [2.24, 2.45) is 0 Å². The van der Waals surface area contributed by atoms with E-state index < -0.39 is 32.9 Å². The van der Waals surface area contributed by atoms with Crippen molar-refractivity contribution in [3.8, 4) is 22.7 Å². The van der Waals surface area contributed by atoms with Gasteiger partial charge in [0.2, 0.25) is 0 Å². The Morgan fingerprint density at radius 2 is 1.97 bits per heavy atom. The van der Waals surface area contributed by atoms with Gasteiger partial charge in [0.05, 0.1) is 30.0 Å². The number of ether oxygens (including phenoxy) is 1. The largest absolute Gasteiger partial charge is 0.489 e. The number of rotatable bonds is 8. The van der Waals surface area contributed by atoms with Gasteiger partial charge in [0.1, 0.15) is 17.1 Å². The SMILES string of the molecule is CCCS(=O)(=O)Cc1ccc(F)c(-n2cc(-c3cncc(OC(C)C)c3)nn2)c1F. The molecule has 0 aliphatic carbocycles. The summed E-state index contributed by atoms with van der Waals surface area (Å²) in [5.74, 6) is -1.93. The Hall–Kier alpha value is -2.88. The topological polar surface area (TPSA) is 87.0 Å². The summed E-state index contributed by atoms with van der Waals surface area (Å²) in [5, 5.41) is 7.78. The first-order valence-electron chi connectivity index (χ1n) is 9.42. The maximum absolute atomic E-state index is 15.0. The summed E-state index contributed by atoms with van der Waals surface area (Å²) in [7, 11) is -3.50. The maximum Gasteiger partial charge on any atom is 0.156 e. The van der Waals surface area contributed by atoms with Gasteiger partial charge in [0.25, 0.3) is 0 Å². The second-order valence-electron chi connectivity index (χ2n) is 7.09. The highest BCUT2D eigenvalue weighted by molar-refractivity contribution is 7.90. The molecule has 10 heteroatoms. The number of hydrogen-bond acceptors (Lipinski definition) is 6. The molecule has 160 valence electrons. The van der Waals surface area contributed by atoms with E-state index >= 15 is 0 Å². The van der Waals surface area contributed by atoms with Crippen LogP contribution in [0.1, 0.15) is 32.8 Å². The third kappa shape index (κ3) is 4.99. The summed E-state index contributed by atoms with van der Waals surface area (Å²) in [5.41, 5.74) is 0.285. The summed E-state index contributed by atoms with van der Waals surface area (Å²) in [6, 6.07) is 3.85. The van der Waals surface area contributed by atoms with Crippen molar-refractivity contribution in [1.29, 1.82) is 0 Å². The monoisotopic (exact) mass is 436 g/mol. The van der Waals surface area contributed by atoms with E-state index in [0.29, 0.717) is 23.4 Å². The normalized spacial score (nSPS) is 11.8. The van der Waals surface area contributed by atoms with Gasteiger partial charge < -0.3 is 4.74 Å². The Balaban J connectivity index is 1.96. The van der Waals surface area contributed by atoms with E-state index in [2.05, 4.69) is 15.3 Å². The van der Waals surface area contributed by atoms with Crippen LogP contribution in [0.4, 0.5) is 8.78 Å². The zero-order valence-electron chi connectivity index (χ0n) is 16.8. The molecule has 0 atom stereocenters. The molecular formula is C20H22F2N4O3S. The van der Waals surface area contributed by atoms with Crippen LogP contribution in [0.2, 0.25) is 0 Å².